The van der Waals surface area contributed by atoms with Crippen molar-refractivity contribution in [3.63, 3.8) is 0 Å². The average molecular weight is 172 g/mol. The fourth-order valence-corrected chi connectivity index (χ4v) is 0.957. The standard InChI is InChI=1S/C10H8N2O/c1-2-6-11-10-9(13-8-3-1)5-4-7-12-10/h1-8H. The van der Waals surface area contributed by atoms with Crippen LogP contribution in [0.1, 0.15) is 0 Å². The number of aromatic nitrogens is 2. The van der Waals surface area contributed by atoms with E-state index < -0.39 is 0 Å². The number of hydrogen-bond donors (Lipinski definition) is 0. The Labute approximate surface area is 75.4 Å². The minimum Gasteiger partial charge on any atom is -0.461 e. The maximum Gasteiger partial charge on any atom is 0.195 e. The van der Waals surface area contributed by atoms with Gasteiger partial charge in [0.2, 0.25) is 0 Å². The molecule has 0 aromatic carbocycles. The molecule has 0 amide bonds. The van der Waals surface area contributed by atoms with Crippen LogP contribution >= 0.6 is 0 Å². The van der Waals surface area contributed by atoms with E-state index in [1.54, 1.807) is 24.7 Å². The number of nitrogens with zero attached hydrogens (tertiary/aromatic N) is 2. The zero-order valence-electron chi connectivity index (χ0n) is 6.92. The lowest BCUT2D eigenvalue weighted by Gasteiger charge is -1.86. The molecule has 2 heterocycles. The van der Waals surface area contributed by atoms with Crippen LogP contribution in [0.5, 0.6) is 0 Å². The van der Waals surface area contributed by atoms with Gasteiger partial charge in [-0.05, 0) is 24.3 Å². The Balaban J connectivity index is 2.82. The molecule has 0 unspecified atom stereocenters. The summed E-state index contributed by atoms with van der Waals surface area (Å²) in [5, 5.41) is 0. The van der Waals surface area contributed by atoms with Crippen molar-refractivity contribution in [1.82, 2.24) is 9.97 Å². The lowest BCUT2D eigenvalue weighted by molar-refractivity contribution is 0.604. The van der Waals surface area contributed by atoms with Crippen molar-refractivity contribution >= 4 is 11.2 Å². The molecule has 0 saturated heterocycles. The first-order chi connectivity index (χ1) is 6.47. The summed E-state index contributed by atoms with van der Waals surface area (Å²) in [5.41, 5.74) is 1.26. The van der Waals surface area contributed by atoms with Crippen LogP contribution in [0.15, 0.2) is 53.4 Å². The summed E-state index contributed by atoms with van der Waals surface area (Å²) in [6, 6.07) is 9.11. The van der Waals surface area contributed by atoms with Crippen molar-refractivity contribution < 1.29 is 4.42 Å². The first-order valence-electron chi connectivity index (χ1n) is 3.94. The van der Waals surface area contributed by atoms with Gasteiger partial charge in [-0.3, -0.25) is 0 Å². The molecule has 0 radical (unpaired) electrons. The minimum atomic E-state index is 0.596. The SMILES string of the molecule is c1ccnc2ncccc2occ1. The van der Waals surface area contributed by atoms with Gasteiger partial charge in [0.05, 0.1) is 6.26 Å². The second-order valence-electron chi connectivity index (χ2n) is 2.43. The molecular weight excluding hydrogens is 164 g/mol. The van der Waals surface area contributed by atoms with Crippen molar-refractivity contribution in [2.45, 2.75) is 0 Å². The third-order valence-electron chi connectivity index (χ3n) is 1.53. The van der Waals surface area contributed by atoms with Crippen LogP contribution in [0.2, 0.25) is 0 Å². The smallest absolute Gasteiger partial charge is 0.195 e. The van der Waals surface area contributed by atoms with Gasteiger partial charge in [-0.15, -0.1) is 0 Å². The van der Waals surface area contributed by atoms with Gasteiger partial charge in [-0.1, -0.05) is 6.07 Å². The van der Waals surface area contributed by atoms with Crippen molar-refractivity contribution in [1.29, 1.82) is 0 Å². The van der Waals surface area contributed by atoms with Crippen LogP contribution in [-0.4, -0.2) is 9.97 Å². The average Bonchev–Trinajstić information content (AvgIpc) is 2.28. The lowest BCUT2D eigenvalue weighted by Crippen LogP contribution is -1.75. The van der Waals surface area contributed by atoms with Crippen molar-refractivity contribution in [3.8, 4) is 0 Å². The predicted molar refractivity (Wildman–Crippen MR) is 49.4 cm³/mol. The summed E-state index contributed by atoms with van der Waals surface area (Å²) >= 11 is 0. The van der Waals surface area contributed by atoms with Gasteiger partial charge in [0.1, 0.15) is 0 Å². The Hall–Kier alpha value is -1.90. The molecule has 3 heteroatoms. The van der Waals surface area contributed by atoms with E-state index in [0.29, 0.717) is 11.2 Å². The van der Waals surface area contributed by atoms with Crippen molar-refractivity contribution in [2.24, 2.45) is 0 Å². The molecule has 2 aromatic rings. The topological polar surface area (TPSA) is 38.9 Å². The van der Waals surface area contributed by atoms with Gasteiger partial charge in [0.15, 0.2) is 11.2 Å². The zero-order valence-corrected chi connectivity index (χ0v) is 6.92. The Morgan fingerprint density at radius 3 is 2.69 bits per heavy atom. The molecule has 0 N–H and O–H groups in total. The third-order valence-corrected chi connectivity index (χ3v) is 1.53. The number of fused-ring (bicyclic) bond motifs is 1. The summed E-state index contributed by atoms with van der Waals surface area (Å²) in [4.78, 5) is 8.19. The number of pyridine rings is 1. The molecule has 0 fully saturated rings. The quantitative estimate of drug-likeness (QED) is 0.612. The first-order valence-corrected chi connectivity index (χ1v) is 3.94. The summed E-state index contributed by atoms with van der Waals surface area (Å²) < 4.78 is 5.30. The summed E-state index contributed by atoms with van der Waals surface area (Å²) in [6.45, 7) is 0. The molecule has 0 aliphatic carbocycles. The molecule has 2 aromatic heterocycles. The molecule has 0 aliphatic heterocycles. The zero-order chi connectivity index (χ0) is 8.93. The first kappa shape index (κ1) is 7.73. The monoisotopic (exact) mass is 172 g/mol. The van der Waals surface area contributed by atoms with Gasteiger partial charge < -0.3 is 4.42 Å². The van der Waals surface area contributed by atoms with Crippen molar-refractivity contribution in [2.75, 3.05) is 0 Å². The molecule has 0 spiro atoms. The normalized spacial score (nSPS) is 9.54. The van der Waals surface area contributed by atoms with E-state index in [1.165, 1.54) is 0 Å². The molecule has 0 aliphatic rings. The van der Waals surface area contributed by atoms with E-state index in [9.17, 15) is 0 Å². The highest BCUT2D eigenvalue weighted by atomic mass is 16.3. The Morgan fingerprint density at radius 2 is 1.77 bits per heavy atom. The van der Waals surface area contributed by atoms with E-state index in [0.717, 1.165) is 0 Å². The predicted octanol–water partition coefficient (Wildman–Crippen LogP) is 2.35. The molecule has 2 rings (SSSR count). The lowest BCUT2D eigenvalue weighted by atomic mass is 10.5. The maximum atomic E-state index is 5.30. The van der Waals surface area contributed by atoms with Gasteiger partial charge in [0.25, 0.3) is 0 Å². The van der Waals surface area contributed by atoms with Crippen LogP contribution in [0.3, 0.4) is 0 Å². The molecule has 3 nitrogen and oxygen atoms in total. The fraction of sp³-hybridized carbons (Fsp3) is 0. The highest BCUT2D eigenvalue weighted by Crippen LogP contribution is 2.03. The van der Waals surface area contributed by atoms with Gasteiger partial charge in [0, 0.05) is 12.4 Å². The van der Waals surface area contributed by atoms with Crippen LogP contribution in [0.25, 0.3) is 11.2 Å². The van der Waals surface area contributed by atoms with E-state index in [4.69, 9.17) is 4.42 Å². The Morgan fingerprint density at radius 1 is 0.923 bits per heavy atom. The van der Waals surface area contributed by atoms with Crippen LogP contribution < -0.4 is 0 Å². The third kappa shape index (κ3) is 1.82. The molecule has 64 valence electrons. The highest BCUT2D eigenvalue weighted by molar-refractivity contribution is 5.64. The largest absolute Gasteiger partial charge is 0.461 e. The van der Waals surface area contributed by atoms with Crippen LogP contribution in [-0.2, 0) is 0 Å². The molecule has 13 heavy (non-hydrogen) atoms. The van der Waals surface area contributed by atoms with E-state index in [1.807, 2.05) is 24.3 Å². The van der Waals surface area contributed by atoms with Gasteiger partial charge in [-0.25, -0.2) is 9.97 Å². The molecule has 0 atom stereocenters. The maximum absolute atomic E-state index is 5.30. The summed E-state index contributed by atoms with van der Waals surface area (Å²) in [7, 11) is 0. The Kier molecular flexibility index (Phi) is 2.18. The van der Waals surface area contributed by atoms with E-state index in [2.05, 4.69) is 9.97 Å². The van der Waals surface area contributed by atoms with Crippen LogP contribution in [0.4, 0.5) is 0 Å². The minimum absolute atomic E-state index is 0.596. The fourth-order valence-electron chi connectivity index (χ4n) is 0.957. The number of rotatable bonds is 0. The van der Waals surface area contributed by atoms with Gasteiger partial charge in [-0.2, -0.15) is 0 Å². The Bertz CT molecular complexity index is 409. The summed E-state index contributed by atoms with van der Waals surface area (Å²) in [5.74, 6) is 0. The molecule has 0 saturated carbocycles. The van der Waals surface area contributed by atoms with Crippen molar-refractivity contribution in [3.05, 3.63) is 49.0 Å². The number of hydrogen-bond acceptors (Lipinski definition) is 3. The van der Waals surface area contributed by atoms with E-state index >= 15 is 0 Å². The highest BCUT2D eigenvalue weighted by Gasteiger charge is 1.89. The van der Waals surface area contributed by atoms with Gasteiger partial charge >= 0.3 is 0 Å². The second-order valence-corrected chi connectivity index (χ2v) is 2.43. The van der Waals surface area contributed by atoms with E-state index in [-0.39, 0.29) is 0 Å². The second kappa shape index (κ2) is 3.67. The van der Waals surface area contributed by atoms with Crippen LogP contribution in [0, 0.1) is 0 Å². The summed E-state index contributed by atoms with van der Waals surface area (Å²) in [6.07, 6.45) is 4.97. The molecule has 0 bridgehead atoms. The molecular formula is C10H8N2O.